The largest absolute Gasteiger partial charge is 0.493 e. The molecule has 3 aromatic rings. The molecule has 28 heavy (non-hydrogen) atoms. The van der Waals surface area contributed by atoms with E-state index in [1.165, 1.54) is 0 Å². The SMILES string of the molecule is COc1cccc(CN(C)C(=O)CCc2nc3ccccc3oc2=O)c1OC. The van der Waals surface area contributed by atoms with Crippen molar-refractivity contribution >= 4 is 17.0 Å². The molecule has 0 radical (unpaired) electrons. The van der Waals surface area contributed by atoms with Crippen molar-refractivity contribution in [3.05, 3.63) is 64.1 Å². The highest BCUT2D eigenvalue weighted by Gasteiger charge is 2.16. The van der Waals surface area contributed by atoms with E-state index in [0.717, 1.165) is 5.56 Å². The summed E-state index contributed by atoms with van der Waals surface area (Å²) in [4.78, 5) is 30.5. The summed E-state index contributed by atoms with van der Waals surface area (Å²) in [6, 6.07) is 12.6. The van der Waals surface area contributed by atoms with Crippen molar-refractivity contribution in [2.24, 2.45) is 0 Å². The fourth-order valence-electron chi connectivity index (χ4n) is 2.98. The van der Waals surface area contributed by atoms with Crippen LogP contribution in [0.2, 0.25) is 0 Å². The van der Waals surface area contributed by atoms with Gasteiger partial charge >= 0.3 is 5.63 Å². The Labute approximate surface area is 162 Å². The molecule has 1 aromatic heterocycles. The molecule has 0 aliphatic rings. The molecule has 146 valence electrons. The standard InChI is InChI=1S/C21H22N2O5/c1-23(13-14-7-6-10-18(26-2)20(14)27-3)19(24)12-11-16-21(25)28-17-9-5-4-8-15(17)22-16/h4-10H,11-13H2,1-3H3. The monoisotopic (exact) mass is 382 g/mol. The van der Waals surface area contributed by atoms with Crippen molar-refractivity contribution in [3.8, 4) is 11.5 Å². The number of hydrogen-bond donors (Lipinski definition) is 0. The van der Waals surface area contributed by atoms with Gasteiger partial charge in [-0.05, 0) is 18.2 Å². The predicted molar refractivity (Wildman–Crippen MR) is 105 cm³/mol. The average molecular weight is 382 g/mol. The number of carbonyl (C=O) groups excluding carboxylic acids is 1. The first kappa shape index (κ1) is 19.4. The van der Waals surface area contributed by atoms with Gasteiger partial charge in [-0.25, -0.2) is 9.78 Å². The number of aromatic nitrogens is 1. The van der Waals surface area contributed by atoms with E-state index in [0.29, 0.717) is 29.1 Å². The van der Waals surface area contributed by atoms with Crippen LogP contribution >= 0.6 is 0 Å². The van der Waals surface area contributed by atoms with Crippen molar-refractivity contribution < 1.29 is 18.7 Å². The van der Waals surface area contributed by atoms with Gasteiger partial charge in [-0.2, -0.15) is 0 Å². The van der Waals surface area contributed by atoms with Crippen LogP contribution in [0.25, 0.3) is 11.1 Å². The van der Waals surface area contributed by atoms with Gasteiger partial charge in [-0.1, -0.05) is 24.3 Å². The van der Waals surface area contributed by atoms with E-state index >= 15 is 0 Å². The van der Waals surface area contributed by atoms with Gasteiger partial charge < -0.3 is 18.8 Å². The van der Waals surface area contributed by atoms with Crippen LogP contribution < -0.4 is 15.1 Å². The van der Waals surface area contributed by atoms with E-state index in [4.69, 9.17) is 13.9 Å². The Kier molecular flexibility index (Phi) is 5.93. The third kappa shape index (κ3) is 4.14. The summed E-state index contributed by atoms with van der Waals surface area (Å²) in [6.07, 6.45) is 0.366. The average Bonchev–Trinajstić information content (AvgIpc) is 2.71. The second kappa shape index (κ2) is 8.56. The topological polar surface area (TPSA) is 81.9 Å². The Balaban J connectivity index is 1.69. The molecule has 0 N–H and O–H groups in total. The number of ether oxygens (including phenoxy) is 2. The third-order valence-corrected chi connectivity index (χ3v) is 4.45. The van der Waals surface area contributed by atoms with Crippen molar-refractivity contribution in [1.82, 2.24) is 9.88 Å². The Bertz CT molecular complexity index is 1040. The van der Waals surface area contributed by atoms with Gasteiger partial charge in [0.2, 0.25) is 5.91 Å². The van der Waals surface area contributed by atoms with Crippen LogP contribution in [-0.2, 0) is 17.8 Å². The zero-order chi connectivity index (χ0) is 20.1. The van der Waals surface area contributed by atoms with E-state index in [-0.39, 0.29) is 24.4 Å². The van der Waals surface area contributed by atoms with Gasteiger partial charge in [0.15, 0.2) is 17.1 Å². The van der Waals surface area contributed by atoms with Gasteiger partial charge in [0.05, 0.1) is 14.2 Å². The molecular formula is C21H22N2O5. The second-order valence-corrected chi connectivity index (χ2v) is 6.32. The quantitative estimate of drug-likeness (QED) is 0.625. The van der Waals surface area contributed by atoms with Crippen molar-refractivity contribution in [3.63, 3.8) is 0 Å². The molecule has 0 atom stereocenters. The number of carbonyl (C=O) groups is 1. The summed E-state index contributed by atoms with van der Waals surface area (Å²) in [5.41, 5.74) is 1.60. The Morgan fingerprint density at radius 1 is 1.11 bits per heavy atom. The maximum absolute atomic E-state index is 12.5. The fraction of sp³-hybridized carbons (Fsp3) is 0.286. The van der Waals surface area contributed by atoms with Gasteiger partial charge in [0, 0.05) is 32.0 Å². The summed E-state index contributed by atoms with van der Waals surface area (Å²) in [5.74, 6) is 1.10. The van der Waals surface area contributed by atoms with Crippen molar-refractivity contribution in [2.45, 2.75) is 19.4 Å². The van der Waals surface area contributed by atoms with Crippen LogP contribution in [0, 0.1) is 0 Å². The van der Waals surface area contributed by atoms with Gasteiger partial charge in [0.1, 0.15) is 11.2 Å². The maximum Gasteiger partial charge on any atom is 0.358 e. The lowest BCUT2D eigenvalue weighted by atomic mass is 10.1. The smallest absolute Gasteiger partial charge is 0.358 e. The van der Waals surface area contributed by atoms with Gasteiger partial charge in [-0.15, -0.1) is 0 Å². The number of fused-ring (bicyclic) bond motifs is 1. The number of para-hydroxylation sites is 3. The first-order valence-corrected chi connectivity index (χ1v) is 8.86. The lowest BCUT2D eigenvalue weighted by molar-refractivity contribution is -0.130. The minimum absolute atomic E-state index is 0.112. The lowest BCUT2D eigenvalue weighted by Gasteiger charge is -2.20. The molecule has 0 aliphatic heterocycles. The summed E-state index contributed by atoms with van der Waals surface area (Å²) < 4.78 is 16.0. The molecule has 3 rings (SSSR count). The Morgan fingerprint density at radius 3 is 2.64 bits per heavy atom. The minimum Gasteiger partial charge on any atom is -0.493 e. The zero-order valence-electron chi connectivity index (χ0n) is 16.1. The highest BCUT2D eigenvalue weighted by Crippen LogP contribution is 2.31. The van der Waals surface area contributed by atoms with E-state index in [9.17, 15) is 9.59 Å². The third-order valence-electron chi connectivity index (χ3n) is 4.45. The number of aryl methyl sites for hydroxylation is 1. The summed E-state index contributed by atoms with van der Waals surface area (Å²) >= 11 is 0. The van der Waals surface area contributed by atoms with E-state index in [2.05, 4.69) is 4.98 Å². The van der Waals surface area contributed by atoms with Crippen LogP contribution in [0.4, 0.5) is 0 Å². The molecule has 1 heterocycles. The number of hydrogen-bond acceptors (Lipinski definition) is 6. The fourth-order valence-corrected chi connectivity index (χ4v) is 2.98. The molecule has 0 aliphatic carbocycles. The highest BCUT2D eigenvalue weighted by atomic mass is 16.5. The van der Waals surface area contributed by atoms with Crippen LogP contribution in [0.1, 0.15) is 17.7 Å². The summed E-state index contributed by atoms with van der Waals surface area (Å²) in [6.45, 7) is 0.360. The molecule has 2 aromatic carbocycles. The van der Waals surface area contributed by atoms with E-state index in [1.807, 2.05) is 18.2 Å². The van der Waals surface area contributed by atoms with Crippen molar-refractivity contribution in [1.29, 1.82) is 0 Å². The first-order chi connectivity index (χ1) is 13.5. The van der Waals surface area contributed by atoms with Crippen LogP contribution in [0.15, 0.2) is 51.7 Å². The molecule has 0 unspecified atom stereocenters. The van der Waals surface area contributed by atoms with E-state index < -0.39 is 5.63 Å². The van der Waals surface area contributed by atoms with Gasteiger partial charge in [0.25, 0.3) is 0 Å². The van der Waals surface area contributed by atoms with Crippen LogP contribution in [0.3, 0.4) is 0 Å². The number of methoxy groups -OCH3 is 2. The molecule has 0 fully saturated rings. The number of rotatable bonds is 7. The molecule has 7 nitrogen and oxygen atoms in total. The second-order valence-electron chi connectivity index (χ2n) is 6.32. The predicted octanol–water partition coefficient (Wildman–Crippen LogP) is 2.80. The van der Waals surface area contributed by atoms with Crippen LogP contribution in [-0.4, -0.2) is 37.1 Å². The number of nitrogens with zero attached hydrogens (tertiary/aromatic N) is 2. The molecule has 0 bridgehead atoms. The maximum atomic E-state index is 12.5. The molecule has 0 spiro atoms. The minimum atomic E-state index is -0.511. The molecule has 1 amide bonds. The zero-order valence-corrected chi connectivity index (χ0v) is 16.1. The summed E-state index contributed by atoms with van der Waals surface area (Å²) in [7, 11) is 4.84. The Hall–Kier alpha value is -3.35. The Morgan fingerprint density at radius 2 is 1.89 bits per heavy atom. The van der Waals surface area contributed by atoms with Gasteiger partial charge in [-0.3, -0.25) is 4.79 Å². The van der Waals surface area contributed by atoms with Crippen LogP contribution in [0.5, 0.6) is 11.5 Å². The number of benzene rings is 2. The molecule has 0 saturated carbocycles. The molecule has 7 heteroatoms. The molecule has 0 saturated heterocycles. The lowest BCUT2D eigenvalue weighted by Crippen LogP contribution is -2.27. The first-order valence-electron chi connectivity index (χ1n) is 8.86. The van der Waals surface area contributed by atoms with Crippen molar-refractivity contribution in [2.75, 3.05) is 21.3 Å². The normalized spacial score (nSPS) is 10.7. The summed E-state index contributed by atoms with van der Waals surface area (Å²) in [5, 5.41) is 0. The number of amides is 1. The highest BCUT2D eigenvalue weighted by molar-refractivity contribution is 5.76. The van der Waals surface area contributed by atoms with E-state index in [1.54, 1.807) is 50.4 Å². The molecular weight excluding hydrogens is 360 g/mol.